The van der Waals surface area contributed by atoms with Gasteiger partial charge in [-0.3, -0.25) is 9.10 Å². The molecule has 0 fully saturated rings. The predicted octanol–water partition coefficient (Wildman–Crippen LogP) is 4.55. The molecule has 0 aliphatic carbocycles. The van der Waals surface area contributed by atoms with Crippen LogP contribution in [0.5, 0.6) is 0 Å². The van der Waals surface area contributed by atoms with Crippen LogP contribution in [-0.2, 0) is 14.8 Å². The molecule has 0 aliphatic heterocycles. The zero-order valence-corrected chi connectivity index (χ0v) is 17.9. The standard InChI is InChI=1S/C19H21Cl2FN2O3S/c1-4-17(19(25)23-12(2)13-5-8-15(22)9-6-13)24(28(3,26)27)18-11-14(20)7-10-16(18)21/h5-12,17H,4H2,1-3H3,(H,23,25)/t12-,17+/m0/s1. The number of hydrogen-bond acceptors (Lipinski definition) is 3. The Morgan fingerprint density at radius 2 is 1.79 bits per heavy atom. The lowest BCUT2D eigenvalue weighted by Gasteiger charge is -2.31. The van der Waals surface area contributed by atoms with Crippen molar-refractivity contribution >= 4 is 44.8 Å². The van der Waals surface area contributed by atoms with E-state index in [1.165, 1.54) is 30.3 Å². The average molecular weight is 447 g/mol. The van der Waals surface area contributed by atoms with E-state index in [-0.39, 0.29) is 22.9 Å². The minimum absolute atomic E-state index is 0.133. The molecule has 2 aromatic rings. The molecule has 2 atom stereocenters. The van der Waals surface area contributed by atoms with Crippen LogP contribution in [0.2, 0.25) is 10.0 Å². The SMILES string of the molecule is CC[C@H](C(=O)N[C@@H](C)c1ccc(F)cc1)N(c1cc(Cl)ccc1Cl)S(C)(=O)=O. The number of carbonyl (C=O) groups is 1. The fraction of sp³-hybridized carbons (Fsp3) is 0.316. The Hall–Kier alpha value is -1.83. The highest BCUT2D eigenvalue weighted by molar-refractivity contribution is 7.92. The number of carbonyl (C=O) groups excluding carboxylic acids is 1. The van der Waals surface area contributed by atoms with Gasteiger partial charge in [0.2, 0.25) is 15.9 Å². The van der Waals surface area contributed by atoms with Crippen molar-refractivity contribution in [1.82, 2.24) is 5.32 Å². The number of sulfonamides is 1. The predicted molar refractivity (Wildman–Crippen MR) is 111 cm³/mol. The molecule has 0 spiro atoms. The van der Waals surface area contributed by atoms with E-state index in [9.17, 15) is 17.6 Å². The first-order valence-electron chi connectivity index (χ1n) is 8.55. The number of benzene rings is 2. The van der Waals surface area contributed by atoms with Crippen molar-refractivity contribution in [2.24, 2.45) is 0 Å². The first-order chi connectivity index (χ1) is 13.0. The quantitative estimate of drug-likeness (QED) is 0.677. The summed E-state index contributed by atoms with van der Waals surface area (Å²) < 4.78 is 39.1. The minimum Gasteiger partial charge on any atom is -0.348 e. The normalized spacial score (nSPS) is 13.6. The van der Waals surface area contributed by atoms with Crippen LogP contribution < -0.4 is 9.62 Å². The summed E-state index contributed by atoms with van der Waals surface area (Å²) in [6.07, 6.45) is 1.21. The number of rotatable bonds is 7. The van der Waals surface area contributed by atoms with Crippen molar-refractivity contribution in [3.05, 3.63) is 63.9 Å². The summed E-state index contributed by atoms with van der Waals surface area (Å²) in [6.45, 7) is 3.43. The van der Waals surface area contributed by atoms with Gasteiger partial charge in [0, 0.05) is 5.02 Å². The molecule has 1 N–H and O–H groups in total. The third kappa shape index (κ3) is 5.37. The first-order valence-corrected chi connectivity index (χ1v) is 11.1. The monoisotopic (exact) mass is 446 g/mol. The van der Waals surface area contributed by atoms with Crippen LogP contribution in [0.15, 0.2) is 42.5 Å². The van der Waals surface area contributed by atoms with Gasteiger partial charge in [-0.15, -0.1) is 0 Å². The van der Waals surface area contributed by atoms with Gasteiger partial charge in [0.1, 0.15) is 11.9 Å². The van der Waals surface area contributed by atoms with Gasteiger partial charge < -0.3 is 5.32 Å². The molecule has 0 bridgehead atoms. The molecule has 2 rings (SSSR count). The van der Waals surface area contributed by atoms with E-state index in [2.05, 4.69) is 5.32 Å². The van der Waals surface area contributed by atoms with E-state index < -0.39 is 28.0 Å². The Morgan fingerprint density at radius 3 is 2.32 bits per heavy atom. The molecule has 0 saturated heterocycles. The smallest absolute Gasteiger partial charge is 0.244 e. The Kier molecular flexibility index (Phi) is 7.31. The summed E-state index contributed by atoms with van der Waals surface area (Å²) in [5.74, 6) is -0.881. The highest BCUT2D eigenvalue weighted by atomic mass is 35.5. The van der Waals surface area contributed by atoms with Crippen molar-refractivity contribution in [2.75, 3.05) is 10.6 Å². The van der Waals surface area contributed by atoms with Crippen molar-refractivity contribution in [3.8, 4) is 0 Å². The zero-order chi connectivity index (χ0) is 21.1. The van der Waals surface area contributed by atoms with E-state index in [0.717, 1.165) is 10.6 Å². The molecule has 0 radical (unpaired) electrons. The highest BCUT2D eigenvalue weighted by Crippen LogP contribution is 2.33. The lowest BCUT2D eigenvalue weighted by molar-refractivity contribution is -0.122. The Labute approximate surface area is 174 Å². The molecule has 0 unspecified atom stereocenters. The molecule has 0 heterocycles. The van der Waals surface area contributed by atoms with E-state index in [4.69, 9.17) is 23.2 Å². The second kappa shape index (κ2) is 9.11. The van der Waals surface area contributed by atoms with Crippen molar-refractivity contribution in [1.29, 1.82) is 0 Å². The van der Waals surface area contributed by atoms with E-state index >= 15 is 0 Å². The molecular formula is C19H21Cl2FN2O3S. The number of anilines is 1. The number of halogens is 3. The van der Waals surface area contributed by atoms with Gasteiger partial charge in [0.05, 0.1) is 23.0 Å². The third-order valence-corrected chi connectivity index (χ3v) is 5.92. The molecular weight excluding hydrogens is 426 g/mol. The Balaban J connectivity index is 2.36. The Bertz CT molecular complexity index is 952. The van der Waals surface area contributed by atoms with Crippen LogP contribution in [0, 0.1) is 5.82 Å². The maximum Gasteiger partial charge on any atom is 0.244 e. The summed E-state index contributed by atoms with van der Waals surface area (Å²) in [4.78, 5) is 12.9. The number of amides is 1. The molecule has 0 aliphatic rings. The molecule has 0 aromatic heterocycles. The molecule has 28 heavy (non-hydrogen) atoms. The number of nitrogens with one attached hydrogen (secondary N) is 1. The van der Waals surface area contributed by atoms with Crippen LogP contribution in [0.3, 0.4) is 0 Å². The maximum absolute atomic E-state index is 13.1. The van der Waals surface area contributed by atoms with Gasteiger partial charge in [-0.2, -0.15) is 0 Å². The molecule has 5 nitrogen and oxygen atoms in total. The lowest BCUT2D eigenvalue weighted by Crippen LogP contribution is -2.49. The molecule has 2 aromatic carbocycles. The summed E-state index contributed by atoms with van der Waals surface area (Å²) >= 11 is 12.2. The van der Waals surface area contributed by atoms with Crippen molar-refractivity contribution in [2.45, 2.75) is 32.4 Å². The summed E-state index contributed by atoms with van der Waals surface area (Å²) in [5.41, 5.74) is 0.824. The van der Waals surface area contributed by atoms with Gasteiger partial charge in [0.15, 0.2) is 0 Å². The topological polar surface area (TPSA) is 66.5 Å². The first kappa shape index (κ1) is 22.5. The largest absolute Gasteiger partial charge is 0.348 e. The highest BCUT2D eigenvalue weighted by Gasteiger charge is 2.33. The van der Waals surface area contributed by atoms with Gasteiger partial charge in [-0.25, -0.2) is 12.8 Å². The summed E-state index contributed by atoms with van der Waals surface area (Å²) in [5, 5.41) is 3.23. The summed E-state index contributed by atoms with van der Waals surface area (Å²) in [6, 6.07) is 8.65. The lowest BCUT2D eigenvalue weighted by atomic mass is 10.1. The van der Waals surface area contributed by atoms with E-state index in [1.54, 1.807) is 26.0 Å². The van der Waals surface area contributed by atoms with Gasteiger partial charge in [-0.05, 0) is 49.2 Å². The number of nitrogens with zero attached hydrogens (tertiary/aromatic N) is 1. The van der Waals surface area contributed by atoms with E-state index in [0.29, 0.717) is 10.6 Å². The van der Waals surface area contributed by atoms with E-state index in [1.807, 2.05) is 0 Å². The fourth-order valence-electron chi connectivity index (χ4n) is 2.83. The van der Waals surface area contributed by atoms with Crippen LogP contribution in [0.25, 0.3) is 0 Å². The summed E-state index contributed by atoms with van der Waals surface area (Å²) in [7, 11) is -3.84. The molecule has 0 saturated carbocycles. The molecule has 1 amide bonds. The van der Waals surface area contributed by atoms with Gasteiger partial charge in [-0.1, -0.05) is 42.3 Å². The molecule has 152 valence electrons. The van der Waals surface area contributed by atoms with Crippen LogP contribution in [0.1, 0.15) is 31.9 Å². The van der Waals surface area contributed by atoms with Crippen LogP contribution in [0.4, 0.5) is 10.1 Å². The van der Waals surface area contributed by atoms with Crippen LogP contribution in [-0.4, -0.2) is 26.6 Å². The molecule has 9 heteroatoms. The van der Waals surface area contributed by atoms with Gasteiger partial charge in [0.25, 0.3) is 0 Å². The number of hydrogen-bond donors (Lipinski definition) is 1. The maximum atomic E-state index is 13.1. The fourth-order valence-corrected chi connectivity index (χ4v) is 4.47. The third-order valence-electron chi connectivity index (χ3n) is 4.20. The van der Waals surface area contributed by atoms with Gasteiger partial charge >= 0.3 is 0 Å². The van der Waals surface area contributed by atoms with Crippen LogP contribution >= 0.6 is 23.2 Å². The minimum atomic E-state index is -3.84. The zero-order valence-electron chi connectivity index (χ0n) is 15.6. The average Bonchev–Trinajstić information content (AvgIpc) is 2.61. The Morgan fingerprint density at radius 1 is 1.18 bits per heavy atom. The van der Waals surface area contributed by atoms with Crippen molar-refractivity contribution in [3.63, 3.8) is 0 Å². The second-order valence-electron chi connectivity index (χ2n) is 6.36. The second-order valence-corrected chi connectivity index (χ2v) is 9.06. The van der Waals surface area contributed by atoms with Crippen molar-refractivity contribution < 1.29 is 17.6 Å².